The molecular weight excluding hydrogens is 170 g/mol. The Labute approximate surface area is 79.3 Å². The molecule has 0 aromatic rings. The highest BCUT2D eigenvalue weighted by atomic mass is 32.1. The van der Waals surface area contributed by atoms with E-state index in [2.05, 4.69) is 38.0 Å². The molecule has 1 heterocycles. The first-order chi connectivity index (χ1) is 5.54. The molecule has 1 fully saturated rings. The van der Waals surface area contributed by atoms with Crippen molar-refractivity contribution in [3.05, 3.63) is 24.6 Å². The van der Waals surface area contributed by atoms with Crippen LogP contribution >= 0.6 is 12.6 Å². The summed E-state index contributed by atoms with van der Waals surface area (Å²) in [6, 6.07) is 0.464. The summed E-state index contributed by atoms with van der Waals surface area (Å²) in [5.41, 5.74) is 0. The van der Waals surface area contributed by atoms with Crippen LogP contribution in [0.15, 0.2) is 24.6 Å². The zero-order chi connectivity index (χ0) is 9.35. The molecule has 1 saturated heterocycles. The van der Waals surface area contributed by atoms with Gasteiger partial charge in [0.2, 0.25) is 0 Å². The van der Waals surface area contributed by atoms with E-state index in [1.165, 1.54) is 0 Å². The van der Waals surface area contributed by atoms with Gasteiger partial charge in [0, 0.05) is 6.20 Å². The van der Waals surface area contributed by atoms with Crippen LogP contribution in [0.4, 0.5) is 0 Å². The second kappa shape index (κ2) is 3.05. The Kier molecular flexibility index (Phi) is 2.42. The third-order valence-electron chi connectivity index (χ3n) is 2.37. The van der Waals surface area contributed by atoms with Crippen molar-refractivity contribution in [3.63, 3.8) is 0 Å². The number of methoxy groups -OCH3 is 1. The molecule has 0 amide bonds. The third-order valence-corrected chi connectivity index (χ3v) is 2.97. The van der Waals surface area contributed by atoms with Crippen LogP contribution in [0.1, 0.15) is 13.8 Å². The van der Waals surface area contributed by atoms with E-state index in [-0.39, 0.29) is 4.87 Å². The van der Waals surface area contributed by atoms with Crippen molar-refractivity contribution in [2.45, 2.75) is 24.8 Å². The van der Waals surface area contributed by atoms with Gasteiger partial charge in [-0.1, -0.05) is 6.58 Å². The van der Waals surface area contributed by atoms with Crippen LogP contribution in [0.25, 0.3) is 0 Å². The number of hydrogen-bond donors (Lipinski definition) is 1. The van der Waals surface area contributed by atoms with E-state index in [9.17, 15) is 0 Å². The van der Waals surface area contributed by atoms with E-state index in [1.807, 2.05) is 6.20 Å². The Hall–Kier alpha value is -0.570. The molecule has 1 aliphatic rings. The van der Waals surface area contributed by atoms with Gasteiger partial charge in [0.25, 0.3) is 0 Å². The van der Waals surface area contributed by atoms with Crippen molar-refractivity contribution < 1.29 is 4.74 Å². The molecule has 1 aliphatic heterocycles. The number of hydrogen-bond acceptors (Lipinski definition) is 3. The Morgan fingerprint density at radius 1 is 1.75 bits per heavy atom. The highest BCUT2D eigenvalue weighted by Crippen LogP contribution is 2.44. The predicted molar refractivity (Wildman–Crippen MR) is 54.0 cm³/mol. The molecule has 0 bridgehead atoms. The summed E-state index contributed by atoms with van der Waals surface area (Å²) in [5, 5.41) is 0. The van der Waals surface area contributed by atoms with E-state index in [0.29, 0.717) is 6.04 Å². The van der Waals surface area contributed by atoms with Gasteiger partial charge in [-0.15, -0.1) is 12.6 Å². The maximum Gasteiger partial charge on any atom is 0.134 e. The maximum atomic E-state index is 5.06. The lowest BCUT2D eigenvalue weighted by Crippen LogP contribution is -2.00. The van der Waals surface area contributed by atoms with E-state index in [0.717, 1.165) is 5.76 Å². The van der Waals surface area contributed by atoms with Gasteiger partial charge in [-0.25, -0.2) is 0 Å². The van der Waals surface area contributed by atoms with Crippen molar-refractivity contribution in [3.8, 4) is 0 Å². The van der Waals surface area contributed by atoms with Crippen molar-refractivity contribution in [2.75, 3.05) is 7.11 Å². The summed E-state index contributed by atoms with van der Waals surface area (Å²) in [5.74, 6) is 0.777. The fraction of sp³-hybridized carbons (Fsp3) is 0.556. The Bertz CT molecular complexity index is 223. The van der Waals surface area contributed by atoms with Crippen LogP contribution in [-0.2, 0) is 4.74 Å². The molecule has 2 nitrogen and oxygen atoms in total. The second-order valence-electron chi connectivity index (χ2n) is 3.12. The Morgan fingerprint density at radius 2 is 2.25 bits per heavy atom. The van der Waals surface area contributed by atoms with Gasteiger partial charge in [-0.2, -0.15) is 0 Å². The molecule has 0 aromatic heterocycles. The largest absolute Gasteiger partial charge is 0.495 e. The summed E-state index contributed by atoms with van der Waals surface area (Å²) >= 11 is 4.47. The molecule has 12 heavy (non-hydrogen) atoms. The van der Waals surface area contributed by atoms with Crippen molar-refractivity contribution in [1.29, 1.82) is 0 Å². The summed E-state index contributed by atoms with van der Waals surface area (Å²) in [4.78, 5) is 2.10. The fourth-order valence-corrected chi connectivity index (χ4v) is 1.44. The highest BCUT2D eigenvalue weighted by Gasteiger charge is 2.51. The predicted octanol–water partition coefficient (Wildman–Crippen LogP) is 2.01. The highest BCUT2D eigenvalue weighted by molar-refractivity contribution is 7.82. The fourth-order valence-electron chi connectivity index (χ4n) is 1.14. The third kappa shape index (κ3) is 1.46. The summed E-state index contributed by atoms with van der Waals surface area (Å²) in [7, 11) is 1.64. The normalized spacial score (nSPS) is 34.8. The lowest BCUT2D eigenvalue weighted by atomic mass is 10.4. The second-order valence-corrected chi connectivity index (χ2v) is 4.02. The lowest BCUT2D eigenvalue weighted by molar-refractivity contribution is 0.299. The molecular formula is C9H15NOS. The minimum absolute atomic E-state index is 0.0210. The van der Waals surface area contributed by atoms with E-state index >= 15 is 0 Å². The molecule has 0 spiro atoms. The van der Waals surface area contributed by atoms with Crippen LogP contribution in [0.2, 0.25) is 0 Å². The van der Waals surface area contributed by atoms with Crippen LogP contribution in [-0.4, -0.2) is 22.9 Å². The zero-order valence-electron chi connectivity index (χ0n) is 7.74. The van der Waals surface area contributed by atoms with Gasteiger partial charge in [0.1, 0.15) is 10.6 Å². The molecule has 68 valence electrons. The van der Waals surface area contributed by atoms with Crippen LogP contribution in [0.5, 0.6) is 0 Å². The molecule has 0 radical (unpaired) electrons. The minimum Gasteiger partial charge on any atom is -0.495 e. The van der Waals surface area contributed by atoms with E-state index < -0.39 is 0 Å². The van der Waals surface area contributed by atoms with Gasteiger partial charge >= 0.3 is 0 Å². The summed E-state index contributed by atoms with van der Waals surface area (Å²) in [6.45, 7) is 7.84. The molecule has 3 heteroatoms. The first-order valence-corrected chi connectivity index (χ1v) is 4.37. The lowest BCUT2D eigenvalue weighted by Gasteiger charge is -2.03. The van der Waals surface area contributed by atoms with Crippen LogP contribution in [0, 0.1) is 0 Å². The maximum absolute atomic E-state index is 5.06. The van der Waals surface area contributed by atoms with Crippen LogP contribution in [0.3, 0.4) is 0 Å². The molecule has 1 rings (SSSR count). The number of nitrogens with zero attached hydrogens (tertiary/aromatic N) is 1. The first-order valence-electron chi connectivity index (χ1n) is 3.93. The molecule has 0 aliphatic carbocycles. The van der Waals surface area contributed by atoms with Gasteiger partial charge in [-0.3, -0.25) is 0 Å². The quantitative estimate of drug-likeness (QED) is 0.312. The smallest absolute Gasteiger partial charge is 0.134 e. The molecule has 1 unspecified atom stereocenters. The monoisotopic (exact) mass is 185 g/mol. The standard InChI is InChI=1S/C9H15NOS/c1-5-8(11-4)6-10-7(2)9(10,3)12/h5-7,12H,1H2,2-4H3/b8-6+/t7-,9?,10?/m0/s1. The summed E-state index contributed by atoms with van der Waals surface area (Å²) in [6.07, 6.45) is 3.62. The first kappa shape index (κ1) is 9.52. The van der Waals surface area contributed by atoms with Crippen molar-refractivity contribution in [1.82, 2.24) is 4.90 Å². The number of ether oxygens (including phenoxy) is 1. The van der Waals surface area contributed by atoms with Gasteiger partial charge in [0.05, 0.1) is 13.2 Å². The number of thiol groups is 1. The molecule has 0 aromatic carbocycles. The van der Waals surface area contributed by atoms with E-state index in [4.69, 9.17) is 4.74 Å². The van der Waals surface area contributed by atoms with Crippen molar-refractivity contribution in [2.24, 2.45) is 0 Å². The number of rotatable bonds is 3. The SMILES string of the molecule is C=C/C(=C\N1[C@@H](C)C1(C)S)OC. The van der Waals surface area contributed by atoms with Gasteiger partial charge in [-0.05, 0) is 19.9 Å². The average molecular weight is 185 g/mol. The summed E-state index contributed by atoms with van der Waals surface area (Å²) < 4.78 is 5.06. The molecule has 0 saturated carbocycles. The Morgan fingerprint density at radius 3 is 2.50 bits per heavy atom. The van der Waals surface area contributed by atoms with Crippen molar-refractivity contribution >= 4 is 12.6 Å². The molecule has 0 N–H and O–H groups in total. The minimum atomic E-state index is -0.0210. The van der Waals surface area contributed by atoms with Gasteiger partial charge < -0.3 is 9.64 Å². The number of allylic oxidation sites excluding steroid dienone is 1. The Balaban J connectivity index is 2.64. The topological polar surface area (TPSA) is 12.2 Å². The zero-order valence-corrected chi connectivity index (χ0v) is 8.64. The van der Waals surface area contributed by atoms with Gasteiger partial charge in [0.15, 0.2) is 0 Å². The van der Waals surface area contributed by atoms with E-state index in [1.54, 1.807) is 13.2 Å². The molecule has 2 atom stereocenters. The van der Waals surface area contributed by atoms with Crippen LogP contribution < -0.4 is 0 Å². The average Bonchev–Trinajstić information content (AvgIpc) is 2.49.